The molecule has 0 amide bonds. The predicted molar refractivity (Wildman–Crippen MR) is 153 cm³/mol. The largest absolute Gasteiger partial charge is 0.491 e. The second kappa shape index (κ2) is 13.5. The quantitative estimate of drug-likeness (QED) is 0.141. The Kier molecular flexibility index (Phi) is 9.87. The van der Waals surface area contributed by atoms with E-state index in [0.29, 0.717) is 24.7 Å². The van der Waals surface area contributed by atoms with Crippen molar-refractivity contribution in [3.05, 3.63) is 108 Å². The zero-order valence-corrected chi connectivity index (χ0v) is 24.2. The Balaban J connectivity index is 1.12. The minimum atomic E-state index is -3.92. The van der Waals surface area contributed by atoms with Crippen molar-refractivity contribution < 1.29 is 39.4 Å². The summed E-state index contributed by atoms with van der Waals surface area (Å²) in [5, 5.41) is 0. The molecule has 0 fully saturated rings. The van der Waals surface area contributed by atoms with Crippen LogP contribution in [0.1, 0.15) is 11.1 Å². The first-order valence-corrected chi connectivity index (χ1v) is 15.5. The monoisotopic (exact) mass is 598 g/mol. The van der Waals surface area contributed by atoms with Gasteiger partial charge in [-0.15, -0.1) is 0 Å². The van der Waals surface area contributed by atoms with E-state index in [0.717, 1.165) is 11.1 Å². The molecular formula is C30H30O9S2. The Hall–Kier alpha value is -4.06. The third kappa shape index (κ3) is 8.97. The van der Waals surface area contributed by atoms with E-state index in [9.17, 15) is 16.8 Å². The Morgan fingerprint density at radius 2 is 0.756 bits per heavy atom. The molecule has 0 aliphatic heterocycles. The summed E-state index contributed by atoms with van der Waals surface area (Å²) in [5.41, 5.74) is 1.91. The van der Waals surface area contributed by atoms with Crippen molar-refractivity contribution in [2.75, 3.05) is 26.4 Å². The molecule has 0 unspecified atom stereocenters. The van der Waals surface area contributed by atoms with Crippen LogP contribution >= 0.6 is 0 Å². The second-order valence-corrected chi connectivity index (χ2v) is 12.0. The lowest BCUT2D eigenvalue weighted by molar-refractivity contribution is 0.0764. The van der Waals surface area contributed by atoms with Crippen molar-refractivity contribution in [2.24, 2.45) is 0 Å². The summed E-state index contributed by atoms with van der Waals surface area (Å²) >= 11 is 0. The van der Waals surface area contributed by atoms with E-state index in [-0.39, 0.29) is 34.5 Å². The van der Waals surface area contributed by atoms with Gasteiger partial charge in [0.05, 0.1) is 13.2 Å². The maximum absolute atomic E-state index is 12.4. The molecule has 4 aromatic rings. The number of benzene rings is 4. The first-order valence-electron chi connectivity index (χ1n) is 12.7. The van der Waals surface area contributed by atoms with E-state index in [1.807, 2.05) is 13.8 Å². The molecule has 0 bridgehead atoms. The molecule has 216 valence electrons. The van der Waals surface area contributed by atoms with Crippen molar-refractivity contribution in [3.8, 4) is 23.0 Å². The summed E-state index contributed by atoms with van der Waals surface area (Å²) in [6, 6.07) is 25.4. The fraction of sp³-hybridized carbons (Fsp3) is 0.200. The number of hydrogen-bond acceptors (Lipinski definition) is 9. The molecule has 0 saturated heterocycles. The van der Waals surface area contributed by atoms with Gasteiger partial charge in [0.25, 0.3) is 0 Å². The first kappa shape index (κ1) is 29.9. The van der Waals surface area contributed by atoms with Gasteiger partial charge in [0.2, 0.25) is 0 Å². The van der Waals surface area contributed by atoms with Crippen molar-refractivity contribution >= 4 is 20.2 Å². The minimum Gasteiger partial charge on any atom is -0.491 e. The second-order valence-electron chi connectivity index (χ2n) is 8.95. The van der Waals surface area contributed by atoms with E-state index < -0.39 is 20.2 Å². The minimum absolute atomic E-state index is 0.0833. The van der Waals surface area contributed by atoms with Crippen molar-refractivity contribution in [1.82, 2.24) is 0 Å². The molecule has 0 saturated carbocycles. The zero-order chi connectivity index (χ0) is 29.3. The standard InChI is InChI=1S/C30H30O9S2/c1-23-3-15-29(16-4-23)40(31,32)38-27-11-7-25(8-12-27)36-21-19-35-20-22-37-26-9-13-28(14-10-26)39-41(33,34)30-17-5-24(2)6-18-30/h3-18H,19-22H2,1-2H3. The van der Waals surface area contributed by atoms with Gasteiger partial charge in [-0.3, -0.25) is 0 Å². The van der Waals surface area contributed by atoms with Crippen LogP contribution in [0.4, 0.5) is 0 Å². The van der Waals surface area contributed by atoms with Gasteiger partial charge < -0.3 is 22.6 Å². The fourth-order valence-electron chi connectivity index (χ4n) is 3.48. The highest BCUT2D eigenvalue weighted by atomic mass is 32.2. The normalized spacial score (nSPS) is 11.6. The molecule has 9 nitrogen and oxygen atoms in total. The summed E-state index contributed by atoms with van der Waals surface area (Å²) in [4.78, 5) is 0.167. The third-order valence-electron chi connectivity index (χ3n) is 5.67. The average molecular weight is 599 g/mol. The summed E-state index contributed by atoms with van der Waals surface area (Å²) in [5.74, 6) is 1.44. The van der Waals surface area contributed by atoms with Crippen LogP contribution in [0.3, 0.4) is 0 Å². The van der Waals surface area contributed by atoms with Gasteiger partial charge in [-0.1, -0.05) is 35.4 Å². The topological polar surface area (TPSA) is 114 Å². The highest BCUT2D eigenvalue weighted by molar-refractivity contribution is 7.87. The molecule has 0 aliphatic carbocycles. The number of hydrogen-bond donors (Lipinski definition) is 0. The van der Waals surface area contributed by atoms with E-state index >= 15 is 0 Å². The Bertz CT molecular complexity index is 1490. The molecule has 4 rings (SSSR count). The van der Waals surface area contributed by atoms with Crippen LogP contribution in [0.25, 0.3) is 0 Å². The Morgan fingerprint density at radius 3 is 1.10 bits per heavy atom. The van der Waals surface area contributed by atoms with Gasteiger partial charge >= 0.3 is 20.2 Å². The SMILES string of the molecule is Cc1ccc(S(=O)(=O)Oc2ccc(OCCOCCOc3ccc(OS(=O)(=O)c4ccc(C)cc4)cc3)cc2)cc1. The number of ether oxygens (including phenoxy) is 3. The lowest BCUT2D eigenvalue weighted by Crippen LogP contribution is -2.12. The van der Waals surface area contributed by atoms with Gasteiger partial charge in [-0.2, -0.15) is 16.8 Å². The first-order chi connectivity index (χ1) is 19.6. The Labute approximate surface area is 240 Å². The summed E-state index contributed by atoms with van der Waals surface area (Å²) in [6.45, 7) is 4.93. The average Bonchev–Trinajstić information content (AvgIpc) is 2.94. The molecule has 0 atom stereocenters. The fourth-order valence-corrected chi connectivity index (χ4v) is 5.34. The van der Waals surface area contributed by atoms with Crippen LogP contribution in [0.2, 0.25) is 0 Å². The van der Waals surface area contributed by atoms with Crippen molar-refractivity contribution in [1.29, 1.82) is 0 Å². The van der Waals surface area contributed by atoms with Crippen LogP contribution in [0.5, 0.6) is 23.0 Å². The highest BCUT2D eigenvalue weighted by Crippen LogP contribution is 2.23. The summed E-state index contributed by atoms with van der Waals surface area (Å²) in [6.07, 6.45) is 0. The summed E-state index contributed by atoms with van der Waals surface area (Å²) in [7, 11) is -7.83. The molecule has 0 N–H and O–H groups in total. The maximum atomic E-state index is 12.4. The summed E-state index contributed by atoms with van der Waals surface area (Å²) < 4.78 is 76.7. The van der Waals surface area contributed by atoms with Crippen LogP contribution < -0.4 is 17.8 Å². The molecule has 0 aliphatic rings. The van der Waals surface area contributed by atoms with Crippen LogP contribution in [-0.2, 0) is 25.0 Å². The zero-order valence-electron chi connectivity index (χ0n) is 22.6. The van der Waals surface area contributed by atoms with E-state index in [2.05, 4.69) is 0 Å². The Morgan fingerprint density at radius 1 is 0.439 bits per heavy atom. The molecule has 0 heterocycles. The molecule has 11 heteroatoms. The van der Waals surface area contributed by atoms with Crippen LogP contribution in [0.15, 0.2) is 107 Å². The van der Waals surface area contributed by atoms with E-state index in [1.165, 1.54) is 48.5 Å². The van der Waals surface area contributed by atoms with Gasteiger partial charge in [0.15, 0.2) is 0 Å². The molecule has 0 radical (unpaired) electrons. The van der Waals surface area contributed by atoms with Gasteiger partial charge in [0.1, 0.15) is 46.0 Å². The van der Waals surface area contributed by atoms with E-state index in [4.69, 9.17) is 22.6 Å². The smallest absolute Gasteiger partial charge is 0.339 e. The van der Waals surface area contributed by atoms with Crippen LogP contribution in [0, 0.1) is 13.8 Å². The number of aryl methyl sites for hydroxylation is 2. The molecule has 0 spiro atoms. The number of rotatable bonds is 14. The predicted octanol–water partition coefficient (Wildman–Crippen LogP) is 5.31. The highest BCUT2D eigenvalue weighted by Gasteiger charge is 2.17. The van der Waals surface area contributed by atoms with Crippen LogP contribution in [-0.4, -0.2) is 43.3 Å². The lowest BCUT2D eigenvalue weighted by Gasteiger charge is -2.10. The van der Waals surface area contributed by atoms with Gasteiger partial charge in [0, 0.05) is 0 Å². The maximum Gasteiger partial charge on any atom is 0.339 e. The molecule has 4 aromatic carbocycles. The molecular weight excluding hydrogens is 568 g/mol. The molecule has 41 heavy (non-hydrogen) atoms. The molecule has 0 aromatic heterocycles. The van der Waals surface area contributed by atoms with Gasteiger partial charge in [-0.05, 0) is 86.6 Å². The van der Waals surface area contributed by atoms with Crippen molar-refractivity contribution in [2.45, 2.75) is 23.6 Å². The third-order valence-corrected chi connectivity index (χ3v) is 8.19. The van der Waals surface area contributed by atoms with E-state index in [1.54, 1.807) is 48.5 Å². The van der Waals surface area contributed by atoms with Gasteiger partial charge in [-0.25, -0.2) is 0 Å². The van der Waals surface area contributed by atoms with Crippen molar-refractivity contribution in [3.63, 3.8) is 0 Å². The lowest BCUT2D eigenvalue weighted by atomic mass is 10.2.